The zero-order valence-corrected chi connectivity index (χ0v) is 13.0. The van der Waals surface area contributed by atoms with Gasteiger partial charge in [0.25, 0.3) is 5.56 Å². The molecule has 1 fully saturated rings. The van der Waals surface area contributed by atoms with Crippen LogP contribution in [0.3, 0.4) is 0 Å². The van der Waals surface area contributed by atoms with Gasteiger partial charge in [0, 0.05) is 23.1 Å². The lowest BCUT2D eigenvalue weighted by Crippen LogP contribution is -2.17. The van der Waals surface area contributed by atoms with Crippen LogP contribution in [0.2, 0.25) is 0 Å². The van der Waals surface area contributed by atoms with Gasteiger partial charge in [0.15, 0.2) is 4.96 Å². The number of aliphatic carboxylic acids is 1. The van der Waals surface area contributed by atoms with E-state index in [-0.39, 0.29) is 17.9 Å². The molecule has 1 N–H and O–H groups in total. The van der Waals surface area contributed by atoms with E-state index in [9.17, 15) is 9.59 Å². The molecule has 2 aromatic heterocycles. The van der Waals surface area contributed by atoms with Crippen LogP contribution in [0, 0.1) is 0 Å². The molecular formula is C17H14N2O3S. The fraction of sp³-hybridized carbons (Fsp3) is 0.235. The van der Waals surface area contributed by atoms with Crippen molar-refractivity contribution in [1.82, 2.24) is 9.38 Å². The predicted octanol–water partition coefficient (Wildman–Crippen LogP) is 2.65. The van der Waals surface area contributed by atoms with E-state index in [1.807, 2.05) is 18.2 Å². The second kappa shape index (κ2) is 5.31. The monoisotopic (exact) mass is 326 g/mol. The van der Waals surface area contributed by atoms with Gasteiger partial charge in [0.1, 0.15) is 0 Å². The summed E-state index contributed by atoms with van der Waals surface area (Å²) in [6.45, 7) is 0. The van der Waals surface area contributed by atoms with Gasteiger partial charge in [-0.1, -0.05) is 30.3 Å². The lowest BCUT2D eigenvalue weighted by atomic mass is 10.1. The molecule has 0 spiro atoms. The van der Waals surface area contributed by atoms with E-state index >= 15 is 0 Å². The van der Waals surface area contributed by atoms with Crippen molar-refractivity contribution in [3.05, 3.63) is 69.1 Å². The molecule has 1 aliphatic rings. The van der Waals surface area contributed by atoms with Crippen LogP contribution in [-0.4, -0.2) is 20.5 Å². The Morgan fingerprint density at radius 3 is 2.83 bits per heavy atom. The van der Waals surface area contributed by atoms with Crippen LogP contribution >= 0.6 is 11.3 Å². The van der Waals surface area contributed by atoms with E-state index < -0.39 is 5.97 Å². The number of aromatic nitrogens is 2. The molecule has 5 nitrogen and oxygen atoms in total. The summed E-state index contributed by atoms with van der Waals surface area (Å²) in [6, 6.07) is 11.8. The molecule has 0 amide bonds. The zero-order valence-electron chi connectivity index (χ0n) is 12.2. The van der Waals surface area contributed by atoms with Gasteiger partial charge in [-0.25, -0.2) is 4.98 Å². The number of hydrogen-bond acceptors (Lipinski definition) is 4. The molecule has 6 heteroatoms. The fourth-order valence-corrected chi connectivity index (χ4v) is 3.95. The molecule has 0 saturated heterocycles. The predicted molar refractivity (Wildman–Crippen MR) is 87.2 cm³/mol. The standard InChI is InChI=1S/C17H14N2O3S/c20-15-8-14(13-7-12(13)10-4-2-1-3-5-10)18-17-19(15)11(9-23-17)6-16(21)22/h1-5,8-9,12-13H,6-7H2,(H,21,22)/t12-,13+/m0/s1. The van der Waals surface area contributed by atoms with Crippen molar-refractivity contribution < 1.29 is 9.90 Å². The van der Waals surface area contributed by atoms with E-state index in [1.54, 1.807) is 11.4 Å². The Morgan fingerprint density at radius 1 is 1.30 bits per heavy atom. The van der Waals surface area contributed by atoms with E-state index in [0.29, 0.717) is 16.6 Å². The van der Waals surface area contributed by atoms with E-state index in [4.69, 9.17) is 5.11 Å². The van der Waals surface area contributed by atoms with Crippen molar-refractivity contribution in [2.24, 2.45) is 0 Å². The van der Waals surface area contributed by atoms with E-state index in [1.165, 1.54) is 21.3 Å². The van der Waals surface area contributed by atoms with Gasteiger partial charge in [-0.2, -0.15) is 0 Å². The molecule has 0 bridgehead atoms. The lowest BCUT2D eigenvalue weighted by Gasteiger charge is -2.02. The first-order valence-corrected chi connectivity index (χ1v) is 8.28. The first kappa shape index (κ1) is 14.1. The Bertz CT molecular complexity index is 945. The molecule has 1 aromatic carbocycles. The molecule has 3 aromatic rings. The van der Waals surface area contributed by atoms with Gasteiger partial charge >= 0.3 is 5.97 Å². The molecule has 2 heterocycles. The van der Waals surface area contributed by atoms with E-state index in [2.05, 4.69) is 17.1 Å². The maximum absolute atomic E-state index is 12.4. The van der Waals surface area contributed by atoms with Crippen molar-refractivity contribution in [3.8, 4) is 0 Å². The molecule has 1 saturated carbocycles. The summed E-state index contributed by atoms with van der Waals surface area (Å²) in [5.74, 6) is -0.254. The van der Waals surface area contributed by atoms with Crippen LogP contribution in [0.1, 0.15) is 35.2 Å². The number of thiazole rings is 1. The first-order valence-electron chi connectivity index (χ1n) is 7.40. The maximum atomic E-state index is 12.4. The maximum Gasteiger partial charge on any atom is 0.309 e. The average molecular weight is 326 g/mol. The molecular weight excluding hydrogens is 312 g/mol. The largest absolute Gasteiger partial charge is 0.481 e. The number of rotatable bonds is 4. The molecule has 116 valence electrons. The van der Waals surface area contributed by atoms with E-state index in [0.717, 1.165) is 12.1 Å². The Labute approximate surface area is 135 Å². The molecule has 4 rings (SSSR count). The number of carbonyl (C=O) groups is 1. The van der Waals surface area contributed by atoms with Crippen molar-refractivity contribution in [1.29, 1.82) is 0 Å². The number of benzene rings is 1. The third-order valence-electron chi connectivity index (χ3n) is 4.23. The van der Waals surface area contributed by atoms with Crippen LogP contribution in [0.25, 0.3) is 4.96 Å². The van der Waals surface area contributed by atoms with Crippen LogP contribution in [0.5, 0.6) is 0 Å². The van der Waals surface area contributed by atoms with Crippen molar-refractivity contribution in [2.45, 2.75) is 24.7 Å². The minimum atomic E-state index is -0.952. The number of carboxylic acid groups (broad SMARTS) is 1. The highest BCUT2D eigenvalue weighted by Gasteiger charge is 2.40. The molecule has 1 aliphatic carbocycles. The number of carboxylic acids is 1. The van der Waals surface area contributed by atoms with Crippen LogP contribution in [-0.2, 0) is 11.2 Å². The Hall–Kier alpha value is -2.47. The minimum Gasteiger partial charge on any atom is -0.481 e. The SMILES string of the molecule is O=C(O)Cc1csc2nc([C@@H]3C[C@H]3c3ccccc3)cc(=O)n12. The van der Waals surface area contributed by atoms with Crippen molar-refractivity contribution in [3.63, 3.8) is 0 Å². The van der Waals surface area contributed by atoms with Crippen LogP contribution < -0.4 is 5.56 Å². The quantitative estimate of drug-likeness (QED) is 0.800. The Balaban J connectivity index is 1.68. The lowest BCUT2D eigenvalue weighted by molar-refractivity contribution is -0.136. The fourth-order valence-electron chi connectivity index (χ4n) is 3.05. The van der Waals surface area contributed by atoms with Crippen molar-refractivity contribution in [2.75, 3.05) is 0 Å². The second-order valence-corrected chi connectivity index (χ2v) is 6.63. The molecule has 2 atom stereocenters. The van der Waals surface area contributed by atoms with Gasteiger partial charge in [0.2, 0.25) is 0 Å². The summed E-state index contributed by atoms with van der Waals surface area (Å²) in [5, 5.41) is 10.6. The Kier molecular flexibility index (Phi) is 3.27. The molecule has 0 unspecified atom stereocenters. The summed E-state index contributed by atoms with van der Waals surface area (Å²) >= 11 is 1.32. The molecule has 23 heavy (non-hydrogen) atoms. The number of fused-ring (bicyclic) bond motifs is 1. The number of nitrogens with zero attached hydrogens (tertiary/aromatic N) is 2. The Morgan fingerprint density at radius 2 is 2.09 bits per heavy atom. The molecule has 0 radical (unpaired) electrons. The average Bonchev–Trinajstić information content (AvgIpc) is 3.24. The van der Waals surface area contributed by atoms with Crippen molar-refractivity contribution >= 4 is 22.3 Å². The van der Waals surface area contributed by atoms with Crippen LogP contribution in [0.15, 0.2) is 46.6 Å². The first-order chi connectivity index (χ1) is 11.1. The summed E-state index contributed by atoms with van der Waals surface area (Å²) < 4.78 is 1.40. The minimum absolute atomic E-state index is 0.170. The van der Waals surface area contributed by atoms with Gasteiger partial charge in [-0.05, 0) is 17.9 Å². The summed E-state index contributed by atoms with van der Waals surface area (Å²) in [4.78, 5) is 28.4. The third-order valence-corrected chi connectivity index (χ3v) is 5.10. The second-order valence-electron chi connectivity index (χ2n) is 5.79. The van der Waals surface area contributed by atoms with Gasteiger partial charge in [-0.3, -0.25) is 14.0 Å². The smallest absolute Gasteiger partial charge is 0.309 e. The third kappa shape index (κ3) is 2.55. The normalized spacial score (nSPS) is 19.8. The summed E-state index contributed by atoms with van der Waals surface area (Å²) in [5.41, 5.74) is 2.38. The number of hydrogen-bond donors (Lipinski definition) is 1. The van der Waals surface area contributed by atoms with Gasteiger partial charge in [0.05, 0.1) is 12.1 Å². The van der Waals surface area contributed by atoms with Gasteiger partial charge in [-0.15, -0.1) is 11.3 Å². The highest BCUT2D eigenvalue weighted by Crippen LogP contribution is 2.53. The highest BCUT2D eigenvalue weighted by molar-refractivity contribution is 7.15. The topological polar surface area (TPSA) is 71.7 Å². The summed E-state index contributed by atoms with van der Waals surface area (Å²) in [7, 11) is 0. The van der Waals surface area contributed by atoms with Gasteiger partial charge < -0.3 is 5.11 Å². The molecule has 0 aliphatic heterocycles. The summed E-state index contributed by atoms with van der Waals surface area (Å²) in [6.07, 6.45) is 0.830. The van der Waals surface area contributed by atoms with Crippen LogP contribution in [0.4, 0.5) is 0 Å². The highest BCUT2D eigenvalue weighted by atomic mass is 32.1. The zero-order chi connectivity index (χ0) is 16.0.